The highest BCUT2D eigenvalue weighted by atomic mass is 32.2. The van der Waals surface area contributed by atoms with Gasteiger partial charge in [-0.25, -0.2) is 29.9 Å². The third kappa shape index (κ3) is 6.52. The van der Waals surface area contributed by atoms with Crippen LogP contribution in [0, 0.1) is 0 Å². The van der Waals surface area contributed by atoms with Gasteiger partial charge in [-0.2, -0.15) is 25.3 Å². The van der Waals surface area contributed by atoms with E-state index in [9.17, 15) is 43.7 Å². The van der Waals surface area contributed by atoms with Crippen LogP contribution in [-0.4, -0.2) is 84.6 Å². The summed E-state index contributed by atoms with van der Waals surface area (Å²) in [7, 11) is -14.1. The molecule has 5 N–H and O–H groups in total. The van der Waals surface area contributed by atoms with E-state index in [4.69, 9.17) is 24.9 Å². The van der Waals surface area contributed by atoms with Crippen molar-refractivity contribution in [3.8, 4) is 56.7 Å². The highest BCUT2D eigenvalue weighted by molar-refractivity contribution is 7.86. The molecule has 2 aliphatic rings. The maximum atomic E-state index is 12.3. The topological polar surface area (TPSA) is 289 Å². The molecule has 0 unspecified atom stereocenters. The fourth-order valence-electron chi connectivity index (χ4n) is 7.29. The molecule has 0 saturated carbocycles. The Labute approximate surface area is 343 Å². The lowest BCUT2D eigenvalue weighted by Crippen LogP contribution is -1.98. The van der Waals surface area contributed by atoms with E-state index in [0.29, 0.717) is 21.9 Å². The molecular weight excluding hydrogens is 849 g/mol. The molecule has 21 heteroatoms. The number of Topliss-reactive ketones (excluding diaryl/α,β-unsaturated/α-hetero) is 1. The fourth-order valence-corrected chi connectivity index (χ4v) is 8.81. The molecule has 3 aromatic heterocycles. The summed E-state index contributed by atoms with van der Waals surface area (Å²) in [5, 5.41) is 1.50. The number of nitrogens with one attached hydrogen (secondary N) is 2. The smallest absolute Gasteiger partial charge is 0.294 e. The number of aromatic amines is 2. The molecule has 0 aliphatic carbocycles. The molecule has 8 aromatic rings. The molecule has 18 nitrogen and oxygen atoms in total. The van der Waals surface area contributed by atoms with Crippen LogP contribution in [0.3, 0.4) is 0 Å². The number of carbonyl (C=O) groups excluding carboxylic acids is 1. The van der Waals surface area contributed by atoms with Crippen LogP contribution in [0.15, 0.2) is 112 Å². The van der Waals surface area contributed by atoms with Crippen molar-refractivity contribution in [2.75, 3.05) is 0 Å². The largest absolute Gasteiger partial charge is 0.324 e. The van der Waals surface area contributed by atoms with E-state index in [-0.39, 0.29) is 79.1 Å². The molecule has 61 heavy (non-hydrogen) atoms. The summed E-state index contributed by atoms with van der Waals surface area (Å²) < 4.78 is 104. The van der Waals surface area contributed by atoms with Gasteiger partial charge in [-0.05, 0) is 84.8 Å². The van der Waals surface area contributed by atoms with Gasteiger partial charge in [0, 0.05) is 49.4 Å². The van der Waals surface area contributed by atoms with Crippen LogP contribution < -0.4 is 0 Å². The van der Waals surface area contributed by atoms with Gasteiger partial charge in [0.2, 0.25) is 0 Å². The van der Waals surface area contributed by atoms with E-state index in [1.165, 1.54) is 43.3 Å². The highest BCUT2D eigenvalue weighted by Crippen LogP contribution is 2.39. The average molecular weight is 873 g/mol. The molecule has 0 fully saturated rings. The van der Waals surface area contributed by atoms with Crippen LogP contribution in [-0.2, 0) is 30.4 Å². The number of nitrogens with zero attached hydrogens (tertiary/aromatic N) is 6. The zero-order valence-electron chi connectivity index (χ0n) is 30.8. The average Bonchev–Trinajstić information content (AvgIpc) is 3.94. The highest BCUT2D eigenvalue weighted by Gasteiger charge is 2.26. The van der Waals surface area contributed by atoms with Crippen molar-refractivity contribution in [3.05, 3.63) is 103 Å². The van der Waals surface area contributed by atoms with Gasteiger partial charge in [-0.3, -0.25) is 18.5 Å². The van der Waals surface area contributed by atoms with E-state index in [1.54, 1.807) is 30.3 Å². The maximum absolute atomic E-state index is 12.3. The van der Waals surface area contributed by atoms with Crippen molar-refractivity contribution in [2.45, 2.75) is 21.6 Å². The van der Waals surface area contributed by atoms with Crippen molar-refractivity contribution in [1.29, 1.82) is 0 Å². The molecular formula is C40H24N8O10S3. The number of rotatable bonds is 5. The minimum absolute atomic E-state index is 0.00739. The molecule has 10 rings (SSSR count). The summed E-state index contributed by atoms with van der Waals surface area (Å²) >= 11 is 0. The minimum Gasteiger partial charge on any atom is -0.324 e. The van der Waals surface area contributed by atoms with E-state index < -0.39 is 45.0 Å². The van der Waals surface area contributed by atoms with Crippen LogP contribution in [0.25, 0.3) is 101 Å². The predicted molar refractivity (Wildman–Crippen MR) is 221 cm³/mol. The summed E-state index contributed by atoms with van der Waals surface area (Å²) in [4.78, 5) is 45.4. The van der Waals surface area contributed by atoms with Crippen LogP contribution in [0.1, 0.15) is 17.3 Å². The van der Waals surface area contributed by atoms with Crippen molar-refractivity contribution >= 4 is 80.3 Å². The van der Waals surface area contributed by atoms with Crippen LogP contribution >= 0.6 is 0 Å². The third-order valence-electron chi connectivity index (χ3n) is 10.3. The summed E-state index contributed by atoms with van der Waals surface area (Å²) in [6.07, 6.45) is 0. The fraction of sp³-hybridized carbons (Fsp3) is 0.0250. The van der Waals surface area contributed by atoms with Crippen LogP contribution in [0.2, 0.25) is 0 Å². The number of hydrogen-bond donors (Lipinski definition) is 5. The molecule has 2 aliphatic heterocycles. The second-order valence-corrected chi connectivity index (χ2v) is 18.3. The summed E-state index contributed by atoms with van der Waals surface area (Å²) in [6, 6.07) is 23.7. The summed E-state index contributed by atoms with van der Waals surface area (Å²) in [5.41, 5.74) is 3.50. The van der Waals surface area contributed by atoms with Crippen molar-refractivity contribution in [1.82, 2.24) is 39.9 Å². The number of H-pyrrole nitrogens is 2. The molecule has 0 spiro atoms. The molecule has 0 saturated heterocycles. The zero-order valence-corrected chi connectivity index (χ0v) is 33.3. The van der Waals surface area contributed by atoms with Gasteiger partial charge < -0.3 is 9.97 Å². The number of carbonyl (C=O) groups is 1. The number of ketones is 1. The lowest BCUT2D eigenvalue weighted by molar-refractivity contribution is 0.101. The molecule has 5 heterocycles. The molecule has 302 valence electrons. The Kier molecular flexibility index (Phi) is 8.23. The Balaban J connectivity index is 1.36. The van der Waals surface area contributed by atoms with E-state index in [0.717, 1.165) is 29.3 Å². The van der Waals surface area contributed by atoms with Crippen molar-refractivity contribution in [2.24, 2.45) is 0 Å². The first kappa shape index (κ1) is 38.1. The van der Waals surface area contributed by atoms with Gasteiger partial charge in [0.1, 0.15) is 22.6 Å². The maximum Gasteiger partial charge on any atom is 0.294 e. The Bertz CT molecular complexity index is 3790. The number of aromatic nitrogens is 8. The Hall–Kier alpha value is -7.14. The summed E-state index contributed by atoms with van der Waals surface area (Å²) in [5.74, 6) is -0.113. The van der Waals surface area contributed by atoms with Gasteiger partial charge in [0.05, 0.1) is 14.7 Å². The van der Waals surface area contributed by atoms with E-state index >= 15 is 0 Å². The molecule has 8 bridgehead atoms. The first-order chi connectivity index (χ1) is 28.9. The first-order valence-corrected chi connectivity index (χ1v) is 22.1. The van der Waals surface area contributed by atoms with Gasteiger partial charge in [0.25, 0.3) is 30.4 Å². The molecule has 0 amide bonds. The monoisotopic (exact) mass is 872 g/mol. The SMILES string of the molecule is CC(=O)c1ccc(-c2ccc3c4nc5nc(nc6[nH]c(nc7nc(nc([nH]4)c3c2)-c2ccc(S(=O)(=O)O)cc2-7)c2ccc(S(=O)(=O)O)cc62)-c2ccc(S(=O)(=O)O)cc2-5)cc1. The lowest BCUT2D eigenvalue weighted by atomic mass is 10.0. The Morgan fingerprint density at radius 2 is 0.803 bits per heavy atom. The minimum atomic E-state index is -4.71. The van der Waals surface area contributed by atoms with Crippen LogP contribution in [0.5, 0.6) is 0 Å². The quantitative estimate of drug-likeness (QED) is 0.0913. The molecule has 0 radical (unpaired) electrons. The van der Waals surface area contributed by atoms with Gasteiger partial charge in [0.15, 0.2) is 29.1 Å². The van der Waals surface area contributed by atoms with E-state index in [1.807, 2.05) is 12.1 Å². The second-order valence-electron chi connectivity index (χ2n) is 14.1. The second kappa shape index (κ2) is 13.2. The van der Waals surface area contributed by atoms with Crippen molar-refractivity contribution in [3.63, 3.8) is 0 Å². The number of hydrogen-bond acceptors (Lipinski definition) is 13. The van der Waals surface area contributed by atoms with Crippen molar-refractivity contribution < 1.29 is 43.7 Å². The standard InChI is InChI=1S/C40H24N8O10S3/c1-18(49)19-2-4-20(5-3-19)21-6-10-25-29(14-21)37-41-33(25)43-38-31-16-23(60(53,54)55)8-12-27(31)35(45-38)47-40-32-17-24(61(56,57)58)9-13-28(32)36(48-40)46-39-30-15-22(59(50,51)52)7-11-26(30)34(42-37)44-39/h2-17H,1H3,(H,50,51,52)(H,53,54,55)(H,56,57,58)(H2,41,42,43,44,45,46,47,48). The van der Waals surface area contributed by atoms with Gasteiger partial charge in [-0.15, -0.1) is 0 Å². The Morgan fingerprint density at radius 3 is 1.26 bits per heavy atom. The lowest BCUT2D eigenvalue weighted by Gasteiger charge is -2.04. The molecule has 0 atom stereocenters. The third-order valence-corrected chi connectivity index (χ3v) is 12.8. The first-order valence-electron chi connectivity index (χ1n) is 17.8. The zero-order chi connectivity index (χ0) is 42.7. The predicted octanol–water partition coefficient (Wildman–Crippen LogP) is 6.48. The van der Waals surface area contributed by atoms with Crippen LogP contribution in [0.4, 0.5) is 0 Å². The molecule has 5 aromatic carbocycles. The normalized spacial score (nSPS) is 12.7. The number of fused-ring (bicyclic) bond motifs is 20. The van der Waals surface area contributed by atoms with Gasteiger partial charge >= 0.3 is 0 Å². The van der Waals surface area contributed by atoms with E-state index in [2.05, 4.69) is 15.0 Å². The number of benzene rings is 5. The Morgan fingerprint density at radius 1 is 0.426 bits per heavy atom. The van der Waals surface area contributed by atoms with Gasteiger partial charge in [-0.1, -0.05) is 30.3 Å². The summed E-state index contributed by atoms with van der Waals surface area (Å²) in [6.45, 7) is 1.47.